The van der Waals surface area contributed by atoms with E-state index >= 15 is 0 Å². The number of fused-ring (bicyclic) bond motifs is 1. The summed E-state index contributed by atoms with van der Waals surface area (Å²) in [5, 5.41) is 7.38. The summed E-state index contributed by atoms with van der Waals surface area (Å²) < 4.78 is 7.16. The van der Waals surface area contributed by atoms with Crippen LogP contribution in [0.5, 0.6) is 0 Å². The van der Waals surface area contributed by atoms with Crippen molar-refractivity contribution in [2.45, 2.75) is 53.2 Å². The van der Waals surface area contributed by atoms with E-state index in [-0.39, 0.29) is 12.0 Å². The van der Waals surface area contributed by atoms with Crippen LogP contribution in [0, 0.1) is 0 Å². The zero-order valence-electron chi connectivity index (χ0n) is 17.5. The summed E-state index contributed by atoms with van der Waals surface area (Å²) in [5.74, 6) is -0.148. The minimum atomic E-state index is -0.528. The van der Waals surface area contributed by atoms with Gasteiger partial charge in [0.2, 0.25) is 0 Å². The number of aryl methyl sites for hydroxylation is 1. The van der Waals surface area contributed by atoms with Gasteiger partial charge in [0.05, 0.1) is 12.2 Å². The van der Waals surface area contributed by atoms with E-state index in [9.17, 15) is 9.59 Å². The third kappa shape index (κ3) is 5.45. The molecular formula is C19H33N5O3. The maximum absolute atomic E-state index is 12.6. The Morgan fingerprint density at radius 2 is 1.93 bits per heavy atom. The normalized spacial score (nSPS) is 14.3. The van der Waals surface area contributed by atoms with Crippen molar-refractivity contribution in [2.24, 2.45) is 7.05 Å². The molecule has 2 rings (SSSR count). The van der Waals surface area contributed by atoms with Crippen molar-refractivity contribution in [2.75, 3.05) is 32.7 Å². The minimum Gasteiger partial charge on any atom is -0.444 e. The van der Waals surface area contributed by atoms with Gasteiger partial charge in [-0.15, -0.1) is 0 Å². The van der Waals surface area contributed by atoms with Gasteiger partial charge in [0.25, 0.3) is 5.91 Å². The second kappa shape index (κ2) is 8.73. The van der Waals surface area contributed by atoms with Gasteiger partial charge in [0, 0.05) is 32.2 Å². The highest BCUT2D eigenvalue weighted by atomic mass is 16.6. The van der Waals surface area contributed by atoms with E-state index in [0.29, 0.717) is 31.7 Å². The number of nitrogens with one attached hydrogen (secondary N) is 1. The molecule has 0 saturated carbocycles. The first kappa shape index (κ1) is 21.2. The number of carbonyl (C=O) groups is 2. The van der Waals surface area contributed by atoms with E-state index < -0.39 is 5.60 Å². The first-order chi connectivity index (χ1) is 12.7. The van der Waals surface area contributed by atoms with E-state index in [2.05, 4.69) is 29.2 Å². The molecule has 1 aromatic rings. The summed E-state index contributed by atoms with van der Waals surface area (Å²) in [7, 11) is 1.81. The highest BCUT2D eigenvalue weighted by Crippen LogP contribution is 2.23. The summed E-state index contributed by atoms with van der Waals surface area (Å²) in [6.07, 6.45) is 0.265. The number of hydrogen-bond donors (Lipinski definition) is 1. The maximum atomic E-state index is 12.6. The quantitative estimate of drug-likeness (QED) is 0.815. The molecule has 27 heavy (non-hydrogen) atoms. The Morgan fingerprint density at radius 1 is 1.26 bits per heavy atom. The lowest BCUT2D eigenvalue weighted by molar-refractivity contribution is 0.0219. The summed E-state index contributed by atoms with van der Waals surface area (Å²) in [4.78, 5) is 28.8. The Bertz CT molecular complexity index is 674. The van der Waals surface area contributed by atoms with Crippen molar-refractivity contribution in [1.29, 1.82) is 0 Å². The number of likely N-dealkylation sites (N-methyl/N-ethyl adjacent to an activating group) is 1. The molecule has 0 aromatic carbocycles. The molecule has 0 bridgehead atoms. The largest absolute Gasteiger partial charge is 0.444 e. The molecule has 152 valence electrons. The molecule has 0 atom stereocenters. The van der Waals surface area contributed by atoms with Crippen LogP contribution in [0.25, 0.3) is 0 Å². The van der Waals surface area contributed by atoms with Crippen molar-refractivity contribution >= 4 is 12.0 Å². The maximum Gasteiger partial charge on any atom is 0.410 e. The molecule has 0 radical (unpaired) electrons. The van der Waals surface area contributed by atoms with Crippen molar-refractivity contribution in [3.8, 4) is 0 Å². The van der Waals surface area contributed by atoms with Crippen LogP contribution in [0.2, 0.25) is 0 Å². The Labute approximate surface area is 161 Å². The predicted molar refractivity (Wildman–Crippen MR) is 104 cm³/mol. The molecule has 8 nitrogen and oxygen atoms in total. The molecular weight excluding hydrogens is 346 g/mol. The Morgan fingerprint density at radius 3 is 2.52 bits per heavy atom. The van der Waals surface area contributed by atoms with Crippen molar-refractivity contribution < 1.29 is 14.3 Å². The van der Waals surface area contributed by atoms with Crippen LogP contribution in [0.3, 0.4) is 0 Å². The molecule has 2 heterocycles. The predicted octanol–water partition coefficient (Wildman–Crippen LogP) is 1.78. The smallest absolute Gasteiger partial charge is 0.410 e. The highest BCUT2D eigenvalue weighted by molar-refractivity contribution is 5.94. The molecule has 0 aliphatic carbocycles. The van der Waals surface area contributed by atoms with Gasteiger partial charge >= 0.3 is 6.09 Å². The minimum absolute atomic E-state index is 0.148. The first-order valence-corrected chi connectivity index (χ1v) is 9.69. The van der Waals surface area contributed by atoms with Gasteiger partial charge in [-0.25, -0.2) is 4.79 Å². The molecule has 0 fully saturated rings. The molecule has 1 aliphatic heterocycles. The molecule has 1 N–H and O–H groups in total. The molecule has 0 spiro atoms. The molecule has 8 heteroatoms. The second-order valence-corrected chi connectivity index (χ2v) is 7.83. The van der Waals surface area contributed by atoms with Gasteiger partial charge in [-0.05, 0) is 40.3 Å². The Balaban J connectivity index is 2.02. The third-order valence-electron chi connectivity index (χ3n) is 4.72. The second-order valence-electron chi connectivity index (χ2n) is 7.83. The van der Waals surface area contributed by atoms with Gasteiger partial charge in [-0.2, -0.15) is 5.10 Å². The SMILES string of the molecule is CCN(CC)CCNC(=O)c1nn(C)c2c1CCN(C(=O)OC(C)(C)C)C2. The van der Waals surface area contributed by atoms with E-state index in [1.165, 1.54) is 0 Å². The van der Waals surface area contributed by atoms with E-state index in [1.54, 1.807) is 9.58 Å². The van der Waals surface area contributed by atoms with Crippen LogP contribution in [0.15, 0.2) is 0 Å². The van der Waals surface area contributed by atoms with Gasteiger partial charge in [-0.3, -0.25) is 9.48 Å². The van der Waals surface area contributed by atoms with Gasteiger partial charge < -0.3 is 19.9 Å². The number of hydrogen-bond acceptors (Lipinski definition) is 5. The molecule has 1 aliphatic rings. The topological polar surface area (TPSA) is 79.7 Å². The average molecular weight is 380 g/mol. The summed E-state index contributed by atoms with van der Waals surface area (Å²) in [6.45, 7) is 14.0. The number of rotatable bonds is 6. The van der Waals surface area contributed by atoms with Crippen LogP contribution >= 0.6 is 0 Å². The lowest BCUT2D eigenvalue weighted by atomic mass is 10.0. The van der Waals surface area contributed by atoms with E-state index in [0.717, 1.165) is 30.9 Å². The molecule has 0 unspecified atom stereocenters. The Kier molecular flexibility index (Phi) is 6.86. The van der Waals surface area contributed by atoms with Crippen LogP contribution in [0.4, 0.5) is 4.79 Å². The fourth-order valence-corrected chi connectivity index (χ4v) is 3.19. The number of carbonyl (C=O) groups excluding carboxylic acids is 2. The monoisotopic (exact) mass is 379 g/mol. The zero-order valence-corrected chi connectivity index (χ0v) is 17.5. The lowest BCUT2D eigenvalue weighted by Crippen LogP contribution is -2.40. The highest BCUT2D eigenvalue weighted by Gasteiger charge is 2.31. The van der Waals surface area contributed by atoms with Crippen molar-refractivity contribution in [1.82, 2.24) is 24.9 Å². The zero-order chi connectivity index (χ0) is 20.2. The molecule has 0 saturated heterocycles. The van der Waals surface area contributed by atoms with Gasteiger partial charge in [0.15, 0.2) is 5.69 Å². The van der Waals surface area contributed by atoms with Crippen molar-refractivity contribution in [3.63, 3.8) is 0 Å². The molecule has 1 aromatic heterocycles. The standard InChI is InChI=1S/C19H33N5O3/c1-7-23(8-2)12-10-20-17(25)16-14-9-11-24(13-15(14)22(6)21-16)18(26)27-19(3,4)5/h7-13H2,1-6H3,(H,20,25). The number of nitrogens with zero attached hydrogens (tertiary/aromatic N) is 4. The van der Waals surface area contributed by atoms with Crippen LogP contribution in [0.1, 0.15) is 56.4 Å². The summed E-state index contributed by atoms with van der Waals surface area (Å²) >= 11 is 0. The van der Waals surface area contributed by atoms with Gasteiger partial charge in [-0.1, -0.05) is 13.8 Å². The van der Waals surface area contributed by atoms with E-state index in [1.807, 2.05) is 27.8 Å². The van der Waals surface area contributed by atoms with Crippen LogP contribution in [-0.4, -0.2) is 69.9 Å². The lowest BCUT2D eigenvalue weighted by Gasteiger charge is -2.30. The summed E-state index contributed by atoms with van der Waals surface area (Å²) in [6, 6.07) is 0. The van der Waals surface area contributed by atoms with Crippen LogP contribution < -0.4 is 5.32 Å². The number of aromatic nitrogens is 2. The fraction of sp³-hybridized carbons (Fsp3) is 0.737. The van der Waals surface area contributed by atoms with Crippen LogP contribution in [-0.2, 0) is 24.8 Å². The number of amides is 2. The van der Waals surface area contributed by atoms with Crippen molar-refractivity contribution in [3.05, 3.63) is 17.0 Å². The summed E-state index contributed by atoms with van der Waals surface area (Å²) in [5.41, 5.74) is 1.76. The Hall–Kier alpha value is -2.09. The van der Waals surface area contributed by atoms with Gasteiger partial charge in [0.1, 0.15) is 5.60 Å². The fourth-order valence-electron chi connectivity index (χ4n) is 3.19. The first-order valence-electron chi connectivity index (χ1n) is 9.69. The average Bonchev–Trinajstić information content (AvgIpc) is 2.93. The van der Waals surface area contributed by atoms with E-state index in [4.69, 9.17) is 4.74 Å². The molecule has 2 amide bonds. The third-order valence-corrected chi connectivity index (χ3v) is 4.72. The number of ether oxygens (including phenoxy) is 1.